The zero-order chi connectivity index (χ0) is 19.4. The quantitative estimate of drug-likeness (QED) is 0.565. The summed E-state index contributed by atoms with van der Waals surface area (Å²) in [5.74, 6) is -0.953. The van der Waals surface area contributed by atoms with E-state index >= 15 is 0 Å². The highest BCUT2D eigenvalue weighted by molar-refractivity contribution is 9.10. The van der Waals surface area contributed by atoms with E-state index in [9.17, 15) is 14.4 Å². The molecule has 0 aliphatic carbocycles. The second kappa shape index (κ2) is 8.18. The number of benzene rings is 2. The molecule has 1 aliphatic heterocycles. The topological polar surface area (TPSA) is 78.5 Å². The number of nitrogens with zero attached hydrogens (tertiary/aromatic N) is 1. The molecule has 1 saturated heterocycles. The normalized spacial score (nSPS) is 15.2. The molecule has 2 N–H and O–H groups in total. The fraction of sp³-hybridized carbons (Fsp3) is 0.150. The molecule has 1 fully saturated rings. The van der Waals surface area contributed by atoms with Crippen LogP contribution in [-0.4, -0.2) is 29.3 Å². The predicted octanol–water partition coefficient (Wildman–Crippen LogP) is 3.54. The number of aryl methyl sites for hydroxylation is 1. The van der Waals surface area contributed by atoms with Crippen LogP contribution in [0.4, 0.5) is 10.5 Å². The average Bonchev–Trinajstić information content (AvgIpc) is 2.91. The van der Waals surface area contributed by atoms with Gasteiger partial charge in [-0.2, -0.15) is 0 Å². The van der Waals surface area contributed by atoms with Crippen LogP contribution in [0.15, 0.2) is 58.7 Å². The number of anilines is 1. The van der Waals surface area contributed by atoms with E-state index in [1.807, 2.05) is 49.4 Å². The molecular formula is C20H18BrN3O3. The minimum absolute atomic E-state index is 0.143. The first kappa shape index (κ1) is 18.8. The summed E-state index contributed by atoms with van der Waals surface area (Å²) < 4.78 is 0.914. The van der Waals surface area contributed by atoms with E-state index in [-0.39, 0.29) is 12.2 Å². The average molecular weight is 428 g/mol. The molecule has 2 aromatic rings. The third-order valence-electron chi connectivity index (χ3n) is 4.12. The van der Waals surface area contributed by atoms with Crippen LogP contribution in [0.2, 0.25) is 0 Å². The van der Waals surface area contributed by atoms with E-state index in [1.54, 1.807) is 12.1 Å². The van der Waals surface area contributed by atoms with Gasteiger partial charge in [-0.25, -0.2) is 9.69 Å². The van der Waals surface area contributed by atoms with Gasteiger partial charge in [-0.15, -0.1) is 0 Å². The van der Waals surface area contributed by atoms with Gasteiger partial charge in [0.25, 0.3) is 5.91 Å². The number of hydrogen-bond donors (Lipinski definition) is 2. The van der Waals surface area contributed by atoms with Crippen molar-refractivity contribution in [3.63, 3.8) is 0 Å². The van der Waals surface area contributed by atoms with Crippen molar-refractivity contribution in [3.8, 4) is 0 Å². The molecule has 7 heteroatoms. The van der Waals surface area contributed by atoms with Crippen LogP contribution >= 0.6 is 15.9 Å². The van der Waals surface area contributed by atoms with Crippen molar-refractivity contribution in [3.05, 3.63) is 69.8 Å². The van der Waals surface area contributed by atoms with Gasteiger partial charge < -0.3 is 10.6 Å². The molecule has 0 atom stereocenters. The summed E-state index contributed by atoms with van der Waals surface area (Å²) in [4.78, 5) is 37.8. The Bertz CT molecular complexity index is 922. The summed E-state index contributed by atoms with van der Waals surface area (Å²) in [6.07, 6.45) is 2.34. The lowest BCUT2D eigenvalue weighted by Gasteiger charge is -2.13. The summed E-state index contributed by atoms with van der Waals surface area (Å²) in [7, 11) is 0. The van der Waals surface area contributed by atoms with E-state index in [4.69, 9.17) is 0 Å². The molecule has 1 heterocycles. The Morgan fingerprint density at radius 3 is 2.56 bits per heavy atom. The summed E-state index contributed by atoms with van der Waals surface area (Å²) in [6.45, 7) is 1.64. The number of carbonyl (C=O) groups excluding carboxylic acids is 3. The SMILES string of the molecule is CCc1ccccc1NC(=O)CN1C(=O)N/C(=C/c2ccc(Br)cc2)C1=O. The second-order valence-corrected chi connectivity index (χ2v) is 6.91. The maximum atomic E-state index is 12.5. The van der Waals surface area contributed by atoms with Gasteiger partial charge in [0.05, 0.1) is 0 Å². The van der Waals surface area contributed by atoms with Crippen molar-refractivity contribution in [2.45, 2.75) is 13.3 Å². The maximum absolute atomic E-state index is 12.5. The number of carbonyl (C=O) groups is 3. The number of rotatable bonds is 5. The molecule has 0 bridgehead atoms. The third kappa shape index (κ3) is 4.43. The predicted molar refractivity (Wildman–Crippen MR) is 107 cm³/mol. The van der Waals surface area contributed by atoms with Gasteiger partial charge >= 0.3 is 6.03 Å². The van der Waals surface area contributed by atoms with Crippen molar-refractivity contribution < 1.29 is 14.4 Å². The summed E-state index contributed by atoms with van der Waals surface area (Å²) in [5.41, 5.74) is 2.58. The fourth-order valence-electron chi connectivity index (χ4n) is 2.72. The first-order valence-electron chi connectivity index (χ1n) is 8.46. The summed E-state index contributed by atoms with van der Waals surface area (Å²) >= 11 is 3.34. The highest BCUT2D eigenvalue weighted by atomic mass is 79.9. The van der Waals surface area contributed by atoms with Crippen LogP contribution in [0.25, 0.3) is 6.08 Å². The van der Waals surface area contributed by atoms with Crippen molar-refractivity contribution in [1.82, 2.24) is 10.2 Å². The molecule has 1 aliphatic rings. The van der Waals surface area contributed by atoms with Crippen LogP contribution in [0.1, 0.15) is 18.1 Å². The van der Waals surface area contributed by atoms with Gasteiger partial charge in [0, 0.05) is 10.2 Å². The summed E-state index contributed by atoms with van der Waals surface area (Å²) in [5, 5.41) is 5.28. The monoisotopic (exact) mass is 427 g/mol. The molecule has 3 rings (SSSR count). The summed E-state index contributed by atoms with van der Waals surface area (Å²) in [6, 6.07) is 14.1. The van der Waals surface area contributed by atoms with E-state index in [0.717, 1.165) is 26.9 Å². The lowest BCUT2D eigenvalue weighted by atomic mass is 10.1. The van der Waals surface area contributed by atoms with Crippen LogP contribution in [-0.2, 0) is 16.0 Å². The van der Waals surface area contributed by atoms with E-state index in [2.05, 4.69) is 26.6 Å². The van der Waals surface area contributed by atoms with Gasteiger partial charge in [-0.1, -0.05) is 53.2 Å². The van der Waals surface area contributed by atoms with Crippen molar-refractivity contribution in [2.75, 3.05) is 11.9 Å². The Kier molecular flexibility index (Phi) is 5.71. The maximum Gasteiger partial charge on any atom is 0.329 e. The molecule has 27 heavy (non-hydrogen) atoms. The van der Waals surface area contributed by atoms with Gasteiger partial charge in [0.2, 0.25) is 5.91 Å². The standard InChI is InChI=1S/C20H18BrN3O3/c1-2-14-5-3-4-6-16(14)22-18(25)12-24-19(26)17(23-20(24)27)11-13-7-9-15(21)10-8-13/h3-11H,2,12H2,1H3,(H,22,25)(H,23,27)/b17-11+. The Hall–Kier alpha value is -2.93. The molecule has 6 nitrogen and oxygen atoms in total. The Morgan fingerprint density at radius 2 is 1.85 bits per heavy atom. The van der Waals surface area contributed by atoms with Crippen molar-refractivity contribution in [2.24, 2.45) is 0 Å². The molecule has 4 amide bonds. The zero-order valence-electron chi connectivity index (χ0n) is 14.7. The largest absolute Gasteiger partial charge is 0.329 e. The number of hydrogen-bond acceptors (Lipinski definition) is 3. The molecule has 0 unspecified atom stereocenters. The Labute approximate surface area is 165 Å². The molecule has 0 aromatic heterocycles. The zero-order valence-corrected chi connectivity index (χ0v) is 16.2. The van der Waals surface area contributed by atoms with Crippen molar-refractivity contribution >= 4 is 45.5 Å². The van der Waals surface area contributed by atoms with Gasteiger partial charge in [-0.05, 0) is 41.8 Å². The number of imide groups is 1. The molecule has 0 spiro atoms. The van der Waals surface area contributed by atoms with Crippen molar-refractivity contribution in [1.29, 1.82) is 0 Å². The van der Waals surface area contributed by atoms with Crippen LogP contribution in [0, 0.1) is 0 Å². The Morgan fingerprint density at radius 1 is 1.15 bits per heavy atom. The highest BCUT2D eigenvalue weighted by Crippen LogP contribution is 2.18. The first-order valence-corrected chi connectivity index (χ1v) is 9.25. The Balaban J connectivity index is 1.70. The van der Waals surface area contributed by atoms with Gasteiger partial charge in [0.15, 0.2) is 0 Å². The molecule has 0 radical (unpaired) electrons. The minimum atomic E-state index is -0.609. The van der Waals surface area contributed by atoms with E-state index < -0.39 is 17.8 Å². The fourth-order valence-corrected chi connectivity index (χ4v) is 2.99. The number of amides is 4. The number of urea groups is 1. The molecule has 2 aromatic carbocycles. The van der Waals surface area contributed by atoms with Crippen LogP contribution in [0.3, 0.4) is 0 Å². The molecule has 138 valence electrons. The van der Waals surface area contributed by atoms with Crippen LogP contribution < -0.4 is 10.6 Å². The number of halogens is 1. The van der Waals surface area contributed by atoms with E-state index in [1.165, 1.54) is 0 Å². The third-order valence-corrected chi connectivity index (χ3v) is 4.65. The van der Waals surface area contributed by atoms with Gasteiger partial charge in [0.1, 0.15) is 12.2 Å². The number of para-hydroxylation sites is 1. The first-order chi connectivity index (χ1) is 13.0. The smallest absolute Gasteiger partial charge is 0.324 e. The van der Waals surface area contributed by atoms with Gasteiger partial charge in [-0.3, -0.25) is 9.59 Å². The van der Waals surface area contributed by atoms with Crippen LogP contribution in [0.5, 0.6) is 0 Å². The lowest BCUT2D eigenvalue weighted by Crippen LogP contribution is -2.38. The minimum Gasteiger partial charge on any atom is -0.324 e. The highest BCUT2D eigenvalue weighted by Gasteiger charge is 2.34. The number of nitrogens with one attached hydrogen (secondary N) is 2. The second-order valence-electron chi connectivity index (χ2n) is 5.99. The molecular weight excluding hydrogens is 410 g/mol. The van der Waals surface area contributed by atoms with E-state index in [0.29, 0.717) is 5.69 Å². The lowest BCUT2D eigenvalue weighted by molar-refractivity contribution is -0.127. The molecule has 0 saturated carbocycles.